The van der Waals surface area contributed by atoms with Gasteiger partial charge in [-0.25, -0.2) is 5.43 Å². The van der Waals surface area contributed by atoms with Crippen LogP contribution in [0.5, 0.6) is 11.5 Å². The second-order valence-electron chi connectivity index (χ2n) is 4.04. The van der Waals surface area contributed by atoms with E-state index in [-0.39, 0.29) is 11.5 Å². The largest absolute Gasteiger partial charge is 0.504 e. The maximum atomic E-state index is 11.6. The minimum atomic E-state index is -0.430. The van der Waals surface area contributed by atoms with E-state index in [1.54, 1.807) is 31.2 Å². The Morgan fingerprint density at radius 2 is 2.20 bits per heavy atom. The van der Waals surface area contributed by atoms with Crippen LogP contribution in [0.4, 0.5) is 0 Å². The zero-order valence-electron chi connectivity index (χ0n) is 11.1. The highest BCUT2D eigenvalue weighted by molar-refractivity contribution is 5.92. The first-order valence-electron chi connectivity index (χ1n) is 5.87. The van der Waals surface area contributed by atoms with Crippen molar-refractivity contribution in [2.24, 2.45) is 5.10 Å². The number of nitrogens with one attached hydrogen (secondary N) is 1. The highest BCUT2D eigenvalue weighted by atomic mass is 16.5. The van der Waals surface area contributed by atoms with Crippen molar-refractivity contribution in [1.82, 2.24) is 5.43 Å². The fraction of sp³-hybridized carbons (Fsp3) is 0.143. The molecule has 6 heteroatoms. The maximum Gasteiger partial charge on any atom is 0.307 e. The number of hydrogen-bond donors (Lipinski definition) is 2. The van der Waals surface area contributed by atoms with Gasteiger partial charge in [-0.05, 0) is 42.8 Å². The number of rotatable bonds is 4. The van der Waals surface area contributed by atoms with Crippen molar-refractivity contribution in [3.8, 4) is 11.5 Å². The minimum absolute atomic E-state index is 0.0414. The monoisotopic (exact) mass is 274 g/mol. The number of furan rings is 1. The van der Waals surface area contributed by atoms with Gasteiger partial charge in [0.1, 0.15) is 5.76 Å². The first kappa shape index (κ1) is 13.7. The number of phenolic OH excluding ortho intramolecular Hbond substituents is 1. The summed E-state index contributed by atoms with van der Waals surface area (Å²) in [6.07, 6.45) is 1.44. The highest BCUT2D eigenvalue weighted by Gasteiger charge is 2.08. The van der Waals surface area contributed by atoms with E-state index in [9.17, 15) is 9.90 Å². The van der Waals surface area contributed by atoms with Gasteiger partial charge in [0.25, 0.3) is 0 Å². The summed E-state index contributed by atoms with van der Waals surface area (Å²) in [5, 5.41) is 13.3. The number of hydrogen-bond acceptors (Lipinski definition) is 5. The van der Waals surface area contributed by atoms with E-state index in [1.165, 1.54) is 19.4 Å². The molecule has 0 aliphatic rings. The number of methoxy groups -OCH3 is 1. The van der Waals surface area contributed by atoms with Crippen LogP contribution in [0, 0.1) is 6.92 Å². The number of aromatic hydroxyl groups is 1. The van der Waals surface area contributed by atoms with E-state index in [0.717, 1.165) is 0 Å². The van der Waals surface area contributed by atoms with Crippen LogP contribution in [0.2, 0.25) is 0 Å². The molecule has 0 aliphatic carbocycles. The lowest BCUT2D eigenvalue weighted by Crippen LogP contribution is -2.16. The summed E-state index contributed by atoms with van der Waals surface area (Å²) in [6, 6.07) is 8.00. The van der Waals surface area contributed by atoms with Gasteiger partial charge in [0.15, 0.2) is 17.3 Å². The summed E-state index contributed by atoms with van der Waals surface area (Å²) in [4.78, 5) is 11.6. The molecule has 0 atom stereocenters. The summed E-state index contributed by atoms with van der Waals surface area (Å²) in [5.41, 5.74) is 3.02. The summed E-state index contributed by atoms with van der Waals surface area (Å²) in [6.45, 7) is 1.75. The molecule has 0 spiro atoms. The number of nitrogens with zero attached hydrogens (tertiary/aromatic N) is 1. The van der Waals surface area contributed by atoms with Gasteiger partial charge < -0.3 is 14.3 Å². The molecule has 6 nitrogen and oxygen atoms in total. The first-order chi connectivity index (χ1) is 9.60. The zero-order valence-corrected chi connectivity index (χ0v) is 11.1. The van der Waals surface area contributed by atoms with E-state index >= 15 is 0 Å². The number of aryl methyl sites for hydroxylation is 1. The molecule has 1 amide bonds. The normalized spacial score (nSPS) is 10.7. The second kappa shape index (κ2) is 5.92. The van der Waals surface area contributed by atoms with Gasteiger partial charge in [-0.15, -0.1) is 0 Å². The van der Waals surface area contributed by atoms with Crippen molar-refractivity contribution >= 4 is 12.1 Å². The first-order valence-corrected chi connectivity index (χ1v) is 5.87. The van der Waals surface area contributed by atoms with Gasteiger partial charge >= 0.3 is 5.91 Å². The zero-order chi connectivity index (χ0) is 14.5. The number of hydrazone groups is 1. The summed E-state index contributed by atoms with van der Waals surface area (Å²) in [5.74, 6) is 0.798. The van der Waals surface area contributed by atoms with E-state index in [4.69, 9.17) is 9.15 Å². The van der Waals surface area contributed by atoms with Crippen LogP contribution in [-0.4, -0.2) is 24.3 Å². The van der Waals surface area contributed by atoms with Crippen molar-refractivity contribution in [3.63, 3.8) is 0 Å². The molecule has 2 aromatic rings. The quantitative estimate of drug-likeness (QED) is 0.660. The number of carbonyl (C=O) groups excluding carboxylic acids is 1. The van der Waals surface area contributed by atoms with Gasteiger partial charge in [0.05, 0.1) is 13.3 Å². The van der Waals surface area contributed by atoms with Crippen molar-refractivity contribution in [2.75, 3.05) is 7.11 Å². The van der Waals surface area contributed by atoms with Gasteiger partial charge in [0.2, 0.25) is 0 Å². The fourth-order valence-corrected chi connectivity index (χ4v) is 1.55. The Morgan fingerprint density at radius 3 is 2.85 bits per heavy atom. The van der Waals surface area contributed by atoms with E-state index in [2.05, 4.69) is 10.5 Å². The molecular formula is C14H14N2O4. The summed E-state index contributed by atoms with van der Waals surface area (Å²) < 4.78 is 10.1. The molecule has 0 unspecified atom stereocenters. The van der Waals surface area contributed by atoms with E-state index in [1.807, 2.05) is 0 Å². The van der Waals surface area contributed by atoms with Crippen LogP contribution >= 0.6 is 0 Å². The Morgan fingerprint density at radius 1 is 1.40 bits per heavy atom. The Labute approximate surface area is 115 Å². The molecule has 20 heavy (non-hydrogen) atoms. The molecule has 1 heterocycles. The molecule has 0 bridgehead atoms. The molecule has 104 valence electrons. The molecule has 2 N–H and O–H groups in total. The molecule has 1 aromatic carbocycles. The minimum Gasteiger partial charge on any atom is -0.504 e. The lowest BCUT2D eigenvalue weighted by Gasteiger charge is -2.03. The standard InChI is InChI=1S/C14H14N2O4/c1-9-3-6-12(20-9)14(18)16-15-8-10-4-5-11(17)13(7-10)19-2/h3-8,17H,1-2H3,(H,16,18)/b15-8+. The maximum absolute atomic E-state index is 11.6. The Balaban J connectivity index is 2.01. The second-order valence-corrected chi connectivity index (χ2v) is 4.04. The van der Waals surface area contributed by atoms with Crippen LogP contribution in [0.15, 0.2) is 39.9 Å². The Hall–Kier alpha value is -2.76. The number of amides is 1. The average Bonchev–Trinajstić information content (AvgIpc) is 2.87. The van der Waals surface area contributed by atoms with Crippen LogP contribution in [0.25, 0.3) is 0 Å². The predicted molar refractivity (Wildman–Crippen MR) is 73.2 cm³/mol. The molecule has 0 aliphatic heterocycles. The fourth-order valence-electron chi connectivity index (χ4n) is 1.55. The van der Waals surface area contributed by atoms with Crippen LogP contribution < -0.4 is 10.2 Å². The smallest absolute Gasteiger partial charge is 0.307 e. The van der Waals surface area contributed by atoms with Gasteiger partial charge in [-0.3, -0.25) is 4.79 Å². The van der Waals surface area contributed by atoms with Crippen LogP contribution in [-0.2, 0) is 0 Å². The molecule has 0 saturated carbocycles. The summed E-state index contributed by atoms with van der Waals surface area (Å²) in [7, 11) is 1.46. The lowest BCUT2D eigenvalue weighted by atomic mass is 10.2. The third-order valence-corrected chi connectivity index (χ3v) is 2.55. The van der Waals surface area contributed by atoms with Crippen LogP contribution in [0.3, 0.4) is 0 Å². The van der Waals surface area contributed by atoms with E-state index < -0.39 is 5.91 Å². The van der Waals surface area contributed by atoms with Crippen molar-refractivity contribution in [2.45, 2.75) is 6.92 Å². The average molecular weight is 274 g/mol. The summed E-state index contributed by atoms with van der Waals surface area (Å²) >= 11 is 0. The van der Waals surface area contributed by atoms with Crippen LogP contribution in [0.1, 0.15) is 21.9 Å². The number of carbonyl (C=O) groups is 1. The topological polar surface area (TPSA) is 84.1 Å². The third kappa shape index (κ3) is 3.17. The van der Waals surface area contributed by atoms with Gasteiger partial charge in [-0.2, -0.15) is 5.10 Å². The van der Waals surface area contributed by atoms with E-state index in [0.29, 0.717) is 17.1 Å². The molecule has 2 rings (SSSR count). The number of ether oxygens (including phenoxy) is 1. The van der Waals surface area contributed by atoms with Gasteiger partial charge in [0, 0.05) is 0 Å². The number of benzene rings is 1. The SMILES string of the molecule is COc1cc(/C=N/NC(=O)c2ccc(C)o2)ccc1O. The molecule has 0 fully saturated rings. The lowest BCUT2D eigenvalue weighted by molar-refractivity contribution is 0.0926. The molecular weight excluding hydrogens is 260 g/mol. The third-order valence-electron chi connectivity index (χ3n) is 2.55. The Bertz CT molecular complexity index is 646. The molecule has 1 aromatic heterocycles. The highest BCUT2D eigenvalue weighted by Crippen LogP contribution is 2.25. The van der Waals surface area contributed by atoms with Crippen molar-refractivity contribution in [1.29, 1.82) is 0 Å². The van der Waals surface area contributed by atoms with Gasteiger partial charge in [-0.1, -0.05) is 0 Å². The van der Waals surface area contributed by atoms with Crippen molar-refractivity contribution in [3.05, 3.63) is 47.4 Å². The molecule has 0 saturated heterocycles. The van der Waals surface area contributed by atoms with Crippen molar-refractivity contribution < 1.29 is 19.1 Å². The predicted octanol–water partition coefficient (Wildman–Crippen LogP) is 2.07. The Kier molecular flexibility index (Phi) is 4.05. The molecule has 0 radical (unpaired) electrons. The number of phenols is 1.